The monoisotopic (exact) mass is 343 g/mol. The Hall–Kier alpha value is -3.09. The predicted molar refractivity (Wildman–Crippen MR) is 94.6 cm³/mol. The van der Waals surface area contributed by atoms with Gasteiger partial charge in [-0.05, 0) is 30.7 Å². The number of ether oxygens (including phenoxy) is 3. The van der Waals surface area contributed by atoms with Gasteiger partial charge in [-0.2, -0.15) is 5.10 Å². The molecule has 7 nitrogen and oxygen atoms in total. The molecule has 0 bridgehead atoms. The molecule has 1 heterocycles. The number of amides is 1. The third kappa shape index (κ3) is 4.94. The van der Waals surface area contributed by atoms with Gasteiger partial charge in [-0.25, -0.2) is 5.43 Å². The van der Waals surface area contributed by atoms with Crippen LogP contribution in [-0.2, 0) is 0 Å². The quantitative estimate of drug-likeness (QED) is 0.588. The zero-order chi connectivity index (χ0) is 18.1. The van der Waals surface area contributed by atoms with E-state index in [9.17, 15) is 4.79 Å². The Balaban J connectivity index is 2.14. The summed E-state index contributed by atoms with van der Waals surface area (Å²) < 4.78 is 16.4. The molecule has 2 aromatic rings. The van der Waals surface area contributed by atoms with Crippen molar-refractivity contribution in [1.29, 1.82) is 0 Å². The van der Waals surface area contributed by atoms with E-state index in [2.05, 4.69) is 15.5 Å². The Morgan fingerprint density at radius 2 is 1.84 bits per heavy atom. The minimum Gasteiger partial charge on any atom is -0.493 e. The van der Waals surface area contributed by atoms with Crippen LogP contribution in [-0.4, -0.2) is 37.9 Å². The SMILES string of the molecule is CCCOc1c(OC)cc(/C=N\NC(=O)c2ccncc2)cc1OC. The molecule has 0 radical (unpaired) electrons. The molecule has 132 valence electrons. The number of hydrogen-bond acceptors (Lipinski definition) is 6. The van der Waals surface area contributed by atoms with Crippen molar-refractivity contribution < 1.29 is 19.0 Å². The van der Waals surface area contributed by atoms with Crippen molar-refractivity contribution in [2.45, 2.75) is 13.3 Å². The van der Waals surface area contributed by atoms with Crippen LogP contribution in [0.3, 0.4) is 0 Å². The third-order valence-corrected chi connectivity index (χ3v) is 3.26. The summed E-state index contributed by atoms with van der Waals surface area (Å²) >= 11 is 0. The van der Waals surface area contributed by atoms with Crippen LogP contribution in [0.1, 0.15) is 29.3 Å². The first-order valence-electron chi connectivity index (χ1n) is 7.81. The highest BCUT2D eigenvalue weighted by atomic mass is 16.5. The molecule has 7 heteroatoms. The van der Waals surface area contributed by atoms with Crippen molar-refractivity contribution >= 4 is 12.1 Å². The number of carbonyl (C=O) groups is 1. The highest BCUT2D eigenvalue weighted by Crippen LogP contribution is 2.38. The average molecular weight is 343 g/mol. The largest absolute Gasteiger partial charge is 0.493 e. The van der Waals surface area contributed by atoms with Crippen LogP contribution in [0.25, 0.3) is 0 Å². The summed E-state index contributed by atoms with van der Waals surface area (Å²) in [6, 6.07) is 6.73. The highest BCUT2D eigenvalue weighted by Gasteiger charge is 2.13. The van der Waals surface area contributed by atoms with E-state index in [1.54, 1.807) is 50.9 Å². The number of methoxy groups -OCH3 is 2. The molecule has 0 aliphatic heterocycles. The van der Waals surface area contributed by atoms with Crippen LogP contribution in [0.15, 0.2) is 41.8 Å². The lowest BCUT2D eigenvalue weighted by molar-refractivity contribution is 0.0955. The van der Waals surface area contributed by atoms with E-state index in [4.69, 9.17) is 14.2 Å². The van der Waals surface area contributed by atoms with Gasteiger partial charge in [0.05, 0.1) is 27.0 Å². The minimum atomic E-state index is -0.319. The highest BCUT2D eigenvalue weighted by molar-refractivity contribution is 5.94. The van der Waals surface area contributed by atoms with Gasteiger partial charge in [-0.3, -0.25) is 9.78 Å². The van der Waals surface area contributed by atoms with Crippen LogP contribution in [0.5, 0.6) is 17.2 Å². The van der Waals surface area contributed by atoms with Gasteiger partial charge in [-0.1, -0.05) is 6.92 Å². The Labute approximate surface area is 146 Å². The lowest BCUT2D eigenvalue weighted by Gasteiger charge is -2.14. The molecule has 1 N–H and O–H groups in total. The smallest absolute Gasteiger partial charge is 0.271 e. The molecule has 1 aromatic heterocycles. The second-order valence-electron chi connectivity index (χ2n) is 5.04. The van der Waals surface area contributed by atoms with Crippen LogP contribution in [0.4, 0.5) is 0 Å². The van der Waals surface area contributed by atoms with E-state index in [1.165, 1.54) is 6.21 Å². The van der Waals surface area contributed by atoms with Crippen molar-refractivity contribution in [3.63, 3.8) is 0 Å². The summed E-state index contributed by atoms with van der Waals surface area (Å²) in [7, 11) is 3.11. The van der Waals surface area contributed by atoms with E-state index in [-0.39, 0.29) is 5.91 Å². The first-order chi connectivity index (χ1) is 12.2. The molecule has 0 saturated heterocycles. The first-order valence-corrected chi connectivity index (χ1v) is 7.81. The minimum absolute atomic E-state index is 0.319. The van der Waals surface area contributed by atoms with Crippen LogP contribution in [0.2, 0.25) is 0 Å². The number of nitrogens with zero attached hydrogens (tertiary/aromatic N) is 2. The van der Waals surface area contributed by atoms with E-state index in [0.29, 0.717) is 35.0 Å². The molecule has 25 heavy (non-hydrogen) atoms. The van der Waals surface area contributed by atoms with Gasteiger partial charge in [-0.15, -0.1) is 0 Å². The molecule has 0 aliphatic carbocycles. The maximum absolute atomic E-state index is 11.9. The Bertz CT molecular complexity index is 707. The third-order valence-electron chi connectivity index (χ3n) is 3.26. The van der Waals surface area contributed by atoms with E-state index in [1.807, 2.05) is 6.92 Å². The summed E-state index contributed by atoms with van der Waals surface area (Å²) in [5.41, 5.74) is 3.64. The van der Waals surface area contributed by atoms with E-state index < -0.39 is 0 Å². The van der Waals surface area contributed by atoms with Crippen molar-refractivity contribution in [3.05, 3.63) is 47.8 Å². The summed E-state index contributed by atoms with van der Waals surface area (Å²) in [4.78, 5) is 15.8. The van der Waals surface area contributed by atoms with Crippen LogP contribution >= 0.6 is 0 Å². The van der Waals surface area contributed by atoms with E-state index in [0.717, 1.165) is 6.42 Å². The number of aromatic nitrogens is 1. The Morgan fingerprint density at radius 1 is 1.20 bits per heavy atom. The summed E-state index contributed by atoms with van der Waals surface area (Å²) in [5.74, 6) is 1.30. The standard InChI is InChI=1S/C18H21N3O4/c1-4-9-25-17-15(23-2)10-13(11-16(17)24-3)12-20-21-18(22)14-5-7-19-8-6-14/h5-8,10-12H,4,9H2,1-3H3,(H,21,22)/b20-12-. The molecule has 0 spiro atoms. The van der Waals surface area contributed by atoms with Crippen molar-refractivity contribution in [2.75, 3.05) is 20.8 Å². The molecule has 0 atom stereocenters. The fraction of sp³-hybridized carbons (Fsp3) is 0.278. The number of pyridine rings is 1. The molecule has 1 aromatic carbocycles. The van der Waals surface area contributed by atoms with Gasteiger partial charge in [0.1, 0.15) is 0 Å². The Kier molecular flexibility index (Phi) is 6.76. The number of hydrogen-bond donors (Lipinski definition) is 1. The maximum Gasteiger partial charge on any atom is 0.271 e. The van der Waals surface area contributed by atoms with Gasteiger partial charge in [0.15, 0.2) is 11.5 Å². The zero-order valence-electron chi connectivity index (χ0n) is 14.5. The predicted octanol–water partition coefficient (Wildman–Crippen LogP) is 2.65. The lowest BCUT2D eigenvalue weighted by atomic mass is 10.2. The maximum atomic E-state index is 11.9. The number of hydrazone groups is 1. The van der Waals surface area contributed by atoms with Gasteiger partial charge in [0.25, 0.3) is 5.91 Å². The molecular formula is C18H21N3O4. The first kappa shape index (κ1) is 18.3. The number of benzene rings is 1. The van der Waals surface area contributed by atoms with E-state index >= 15 is 0 Å². The lowest BCUT2D eigenvalue weighted by Crippen LogP contribution is -2.17. The van der Waals surface area contributed by atoms with Gasteiger partial charge in [0.2, 0.25) is 5.75 Å². The Morgan fingerprint density at radius 3 is 2.40 bits per heavy atom. The molecular weight excluding hydrogens is 322 g/mol. The molecule has 0 saturated carbocycles. The second kappa shape index (κ2) is 9.27. The molecule has 0 fully saturated rings. The number of carbonyl (C=O) groups excluding carboxylic acids is 1. The summed E-state index contributed by atoms with van der Waals surface area (Å²) in [6.07, 6.45) is 5.47. The van der Waals surface area contributed by atoms with Gasteiger partial charge >= 0.3 is 0 Å². The molecule has 0 unspecified atom stereocenters. The fourth-order valence-corrected chi connectivity index (χ4v) is 2.05. The summed E-state index contributed by atoms with van der Waals surface area (Å²) in [5, 5.41) is 3.96. The second-order valence-corrected chi connectivity index (χ2v) is 5.04. The molecule has 2 rings (SSSR count). The normalized spacial score (nSPS) is 10.5. The number of rotatable bonds is 8. The fourth-order valence-electron chi connectivity index (χ4n) is 2.05. The summed E-state index contributed by atoms with van der Waals surface area (Å²) in [6.45, 7) is 2.58. The van der Waals surface area contributed by atoms with Gasteiger partial charge in [0, 0.05) is 23.5 Å². The topological polar surface area (TPSA) is 82.0 Å². The van der Waals surface area contributed by atoms with Crippen LogP contribution in [0, 0.1) is 0 Å². The van der Waals surface area contributed by atoms with Crippen molar-refractivity contribution in [2.24, 2.45) is 5.10 Å². The van der Waals surface area contributed by atoms with Crippen LogP contribution < -0.4 is 19.6 Å². The molecule has 1 amide bonds. The average Bonchev–Trinajstić information content (AvgIpc) is 2.66. The van der Waals surface area contributed by atoms with Gasteiger partial charge < -0.3 is 14.2 Å². The van der Waals surface area contributed by atoms with Crippen molar-refractivity contribution in [1.82, 2.24) is 10.4 Å². The van der Waals surface area contributed by atoms with Crippen molar-refractivity contribution in [3.8, 4) is 17.2 Å². The molecule has 0 aliphatic rings. The number of nitrogens with one attached hydrogen (secondary N) is 1. The zero-order valence-corrected chi connectivity index (χ0v) is 14.5.